The Hall–Kier alpha value is -1.30. The largest absolute Gasteiger partial charge is 0.410 e. The van der Waals surface area contributed by atoms with E-state index in [2.05, 4.69) is 106 Å². The number of nitrogens with zero attached hydrogens (tertiary/aromatic N) is 1. The maximum absolute atomic E-state index is 12.6. The number of carbonyl (C=O) groups is 1. The van der Waals surface area contributed by atoms with E-state index < -0.39 is 22.4 Å². The van der Waals surface area contributed by atoms with Gasteiger partial charge in [0.05, 0.1) is 13.2 Å². The molecular formula is C36H63NO5Si2. The second-order valence-electron chi connectivity index (χ2n) is 16.7. The molecule has 0 aromatic rings. The molecule has 44 heavy (non-hydrogen) atoms. The summed E-state index contributed by atoms with van der Waals surface area (Å²) in [5.41, 5.74) is 5.43. The summed E-state index contributed by atoms with van der Waals surface area (Å²) >= 11 is 0. The highest BCUT2D eigenvalue weighted by Crippen LogP contribution is 2.56. The normalized spacial score (nSPS) is 30.5. The molecule has 2 fully saturated rings. The average Bonchev–Trinajstić information content (AvgIpc) is 3.23. The zero-order chi connectivity index (χ0) is 33.5. The maximum atomic E-state index is 12.6. The minimum atomic E-state index is -2.39. The van der Waals surface area contributed by atoms with Gasteiger partial charge in [-0.25, -0.2) is 9.68 Å². The molecule has 0 heterocycles. The first-order valence-corrected chi connectivity index (χ1v) is 22.5. The van der Waals surface area contributed by atoms with E-state index in [1.165, 1.54) is 32.4 Å². The summed E-state index contributed by atoms with van der Waals surface area (Å²) in [5.74, 6) is -0.953. The Balaban J connectivity index is 2.15. The summed E-state index contributed by atoms with van der Waals surface area (Å²) < 4.78 is 14.3. The van der Waals surface area contributed by atoms with Crippen molar-refractivity contribution in [2.24, 2.45) is 11.3 Å². The Morgan fingerprint density at radius 3 is 2.23 bits per heavy atom. The van der Waals surface area contributed by atoms with Gasteiger partial charge in [-0.05, 0) is 90.8 Å². The van der Waals surface area contributed by atoms with Crippen LogP contribution in [0.25, 0.3) is 0 Å². The highest BCUT2D eigenvalue weighted by atomic mass is 28.4. The number of hydrogen-bond acceptors (Lipinski definition) is 5. The van der Waals surface area contributed by atoms with Gasteiger partial charge in [-0.1, -0.05) is 96.6 Å². The molecule has 3 aliphatic carbocycles. The lowest BCUT2D eigenvalue weighted by atomic mass is 9.64. The van der Waals surface area contributed by atoms with Gasteiger partial charge in [0, 0.05) is 19.8 Å². The van der Waals surface area contributed by atoms with Crippen LogP contribution in [0, 0.1) is 11.3 Å². The van der Waals surface area contributed by atoms with Gasteiger partial charge in [0.1, 0.15) is 0 Å². The molecule has 250 valence electrons. The lowest BCUT2D eigenvalue weighted by Crippen LogP contribution is -2.58. The fraction of sp³-hybridized carbons (Fsp3) is 0.750. The predicted octanol–water partition coefficient (Wildman–Crippen LogP) is 10.2. The number of hydroxylamine groups is 2. The fourth-order valence-electron chi connectivity index (χ4n) is 6.73. The Morgan fingerprint density at radius 2 is 1.70 bits per heavy atom. The van der Waals surface area contributed by atoms with Crippen molar-refractivity contribution in [3.63, 3.8) is 0 Å². The highest BCUT2D eigenvalue weighted by molar-refractivity contribution is 6.74. The molecule has 0 aromatic carbocycles. The number of hydrogen-bond donors (Lipinski definition) is 0. The maximum Gasteiger partial charge on any atom is 0.270 e. The molecular weight excluding hydrogens is 583 g/mol. The van der Waals surface area contributed by atoms with E-state index in [-0.39, 0.29) is 27.5 Å². The van der Waals surface area contributed by atoms with Crippen LogP contribution < -0.4 is 0 Å². The summed E-state index contributed by atoms with van der Waals surface area (Å²) in [6.07, 6.45) is 13.5. The molecule has 2 saturated carbocycles. The van der Waals surface area contributed by atoms with Gasteiger partial charge < -0.3 is 8.85 Å². The summed E-state index contributed by atoms with van der Waals surface area (Å²) in [5, 5.41) is 0.910. The summed E-state index contributed by atoms with van der Waals surface area (Å²) in [4.78, 5) is 24.6. The quantitative estimate of drug-likeness (QED) is 0.108. The van der Waals surface area contributed by atoms with Gasteiger partial charge in [0.25, 0.3) is 5.91 Å². The van der Waals surface area contributed by atoms with Gasteiger partial charge in [0.2, 0.25) is 0 Å². The van der Waals surface area contributed by atoms with Crippen molar-refractivity contribution in [1.29, 1.82) is 0 Å². The summed E-state index contributed by atoms with van der Waals surface area (Å²) in [6.45, 7) is 33.3. The molecule has 0 saturated heterocycles. The van der Waals surface area contributed by atoms with E-state index >= 15 is 0 Å². The molecule has 0 spiro atoms. The topological polar surface area (TPSA) is 57.2 Å². The van der Waals surface area contributed by atoms with Crippen LogP contribution in [0.4, 0.5) is 0 Å². The molecule has 0 N–H and O–H groups in total. The van der Waals surface area contributed by atoms with E-state index in [4.69, 9.17) is 18.5 Å². The first-order chi connectivity index (χ1) is 20.0. The van der Waals surface area contributed by atoms with Gasteiger partial charge >= 0.3 is 0 Å². The molecule has 0 aromatic heterocycles. The van der Waals surface area contributed by atoms with Gasteiger partial charge in [-0.15, -0.1) is 0 Å². The molecule has 1 amide bonds. The first kappa shape index (κ1) is 37.2. The molecule has 6 nitrogen and oxygen atoms in total. The molecule has 0 aliphatic heterocycles. The minimum Gasteiger partial charge on any atom is -0.410 e. The lowest BCUT2D eigenvalue weighted by Gasteiger charge is -2.51. The smallest absolute Gasteiger partial charge is 0.270 e. The van der Waals surface area contributed by atoms with E-state index in [1.54, 1.807) is 5.57 Å². The third-order valence-electron chi connectivity index (χ3n) is 11.5. The molecule has 0 radical (unpaired) electrons. The number of allylic oxidation sites excluding steroid dienone is 5. The van der Waals surface area contributed by atoms with Crippen LogP contribution in [-0.2, 0) is 23.3 Å². The van der Waals surface area contributed by atoms with Crippen LogP contribution in [0.3, 0.4) is 0 Å². The molecule has 4 atom stereocenters. The van der Waals surface area contributed by atoms with Crippen molar-refractivity contribution in [3.05, 3.63) is 47.1 Å². The SMILES string of the molecule is C=C1C(=CC=C2CCC[C@]3(C)C(CC)=CCC23)CC(ON(OC)C(C)=O)(O[Si](C)(C)C(C)(C)C)C[C@@H]1O[Si](C)(C)C(C)(C)C. The third-order valence-corrected chi connectivity index (χ3v) is 20.5. The van der Waals surface area contributed by atoms with E-state index in [9.17, 15) is 4.79 Å². The molecule has 0 bridgehead atoms. The summed E-state index contributed by atoms with van der Waals surface area (Å²) in [7, 11) is -3.15. The molecule has 3 rings (SSSR count). The Morgan fingerprint density at radius 1 is 1.09 bits per heavy atom. The monoisotopic (exact) mass is 645 g/mol. The third kappa shape index (κ3) is 7.63. The zero-order valence-corrected chi connectivity index (χ0v) is 32.5. The van der Waals surface area contributed by atoms with Gasteiger partial charge in [0.15, 0.2) is 22.4 Å². The van der Waals surface area contributed by atoms with Crippen molar-refractivity contribution in [1.82, 2.24) is 5.23 Å². The number of amides is 1. The van der Waals surface area contributed by atoms with Crippen LogP contribution >= 0.6 is 0 Å². The first-order valence-electron chi connectivity index (χ1n) is 16.7. The molecule has 3 aliphatic rings. The molecule has 2 unspecified atom stereocenters. The summed E-state index contributed by atoms with van der Waals surface area (Å²) in [6, 6.07) is 0. The second-order valence-corrected chi connectivity index (χ2v) is 26.2. The molecule has 8 heteroatoms. The van der Waals surface area contributed by atoms with Crippen molar-refractivity contribution in [2.45, 2.75) is 155 Å². The van der Waals surface area contributed by atoms with Crippen LogP contribution in [0.2, 0.25) is 36.3 Å². The fourth-order valence-corrected chi connectivity index (χ4v) is 9.45. The lowest BCUT2D eigenvalue weighted by molar-refractivity contribution is -0.415. The zero-order valence-electron chi connectivity index (χ0n) is 30.5. The van der Waals surface area contributed by atoms with E-state index in [0.29, 0.717) is 18.8 Å². The highest BCUT2D eigenvalue weighted by Gasteiger charge is 2.53. The average molecular weight is 646 g/mol. The van der Waals surface area contributed by atoms with Crippen molar-refractivity contribution in [2.75, 3.05) is 7.11 Å². The predicted molar refractivity (Wildman–Crippen MR) is 187 cm³/mol. The van der Waals surface area contributed by atoms with Crippen molar-refractivity contribution < 1.29 is 23.3 Å². The van der Waals surface area contributed by atoms with E-state index in [0.717, 1.165) is 35.6 Å². The number of rotatable bonds is 9. The minimum absolute atomic E-state index is 0.0113. The van der Waals surface area contributed by atoms with Crippen LogP contribution in [0.5, 0.6) is 0 Å². The second kappa shape index (κ2) is 13.1. The Labute approximate surface area is 271 Å². The van der Waals surface area contributed by atoms with E-state index in [1.807, 2.05) is 0 Å². The van der Waals surface area contributed by atoms with Crippen molar-refractivity contribution >= 4 is 22.5 Å². The number of fused-ring (bicyclic) bond motifs is 1. The van der Waals surface area contributed by atoms with Gasteiger partial charge in [-0.2, -0.15) is 0 Å². The van der Waals surface area contributed by atoms with Crippen molar-refractivity contribution in [3.8, 4) is 0 Å². The number of carbonyl (C=O) groups excluding carboxylic acids is 1. The van der Waals surface area contributed by atoms with Crippen LogP contribution in [0.1, 0.15) is 107 Å². The van der Waals surface area contributed by atoms with Gasteiger partial charge in [-0.3, -0.25) is 4.79 Å². The standard InChI is InChI=1S/C36H63NO5Si2/c1-16-30-21-22-31-28(18-17-23-35(30,31)10)19-20-29-24-36(41-37(39-11)27(3)38,42-44(14,15)34(7,8)9)25-32(26(29)2)40-43(12,13)33(4,5)6/h19-21,31-32H,2,16-18,22-25H2,1,3-15H3/t31?,32-,35+,36?/m0/s1. The Bertz CT molecular complexity index is 1190. The Kier molecular flexibility index (Phi) is 11.0. The van der Waals surface area contributed by atoms with Crippen LogP contribution in [-0.4, -0.2) is 46.8 Å². The van der Waals surface area contributed by atoms with Crippen LogP contribution in [0.15, 0.2) is 47.1 Å².